The Balaban J connectivity index is 2.30. The first-order chi connectivity index (χ1) is 14.8. The van der Waals surface area contributed by atoms with Gasteiger partial charge in [-0.05, 0) is 52.3 Å². The third-order valence-corrected chi connectivity index (χ3v) is 5.77. The van der Waals surface area contributed by atoms with E-state index in [0.717, 1.165) is 17.8 Å². The normalized spacial score (nSPS) is 11.3. The summed E-state index contributed by atoms with van der Waals surface area (Å²) in [7, 11) is 4.89. The minimum atomic E-state index is 0.0918. The van der Waals surface area contributed by atoms with Gasteiger partial charge in [0.15, 0.2) is 22.5 Å². The van der Waals surface area contributed by atoms with Crippen LogP contribution in [0.4, 0.5) is 0 Å². The minimum absolute atomic E-state index is 0.0918. The van der Waals surface area contributed by atoms with Crippen molar-refractivity contribution >= 4 is 17.7 Å². The van der Waals surface area contributed by atoms with Crippen LogP contribution in [-0.2, 0) is 16.1 Å². The molecule has 0 bridgehead atoms. The highest BCUT2D eigenvalue weighted by Crippen LogP contribution is 2.33. The molecule has 0 aliphatic carbocycles. The number of benzene rings is 1. The van der Waals surface area contributed by atoms with Crippen LogP contribution in [0.15, 0.2) is 23.4 Å². The number of methoxy groups -OCH3 is 3. The SMILES string of the molecule is COCCCn1c(SCC(=O)N(C(C)C)C(C)C)nnc1-c1ccc(OC)c(OC)c1. The Morgan fingerprint density at radius 1 is 1.06 bits per heavy atom. The zero-order valence-corrected chi connectivity index (χ0v) is 20.4. The first kappa shape index (κ1) is 25.0. The van der Waals surface area contributed by atoms with Gasteiger partial charge >= 0.3 is 0 Å². The maximum absolute atomic E-state index is 12.8. The van der Waals surface area contributed by atoms with Gasteiger partial charge in [0.25, 0.3) is 0 Å². The molecule has 1 aromatic heterocycles. The van der Waals surface area contributed by atoms with E-state index >= 15 is 0 Å². The van der Waals surface area contributed by atoms with Crippen molar-refractivity contribution in [1.29, 1.82) is 0 Å². The van der Waals surface area contributed by atoms with Gasteiger partial charge in [0.1, 0.15) is 0 Å². The predicted octanol–water partition coefficient (Wildman–Crippen LogP) is 3.74. The number of hydrogen-bond acceptors (Lipinski definition) is 7. The van der Waals surface area contributed by atoms with Gasteiger partial charge in [0, 0.05) is 37.9 Å². The van der Waals surface area contributed by atoms with E-state index in [1.807, 2.05) is 55.4 Å². The summed E-state index contributed by atoms with van der Waals surface area (Å²) in [6.07, 6.45) is 0.806. The molecule has 0 aliphatic rings. The second-order valence-corrected chi connectivity index (χ2v) is 8.59. The Morgan fingerprint density at radius 2 is 1.74 bits per heavy atom. The molecule has 1 amide bonds. The molecule has 2 aromatic rings. The monoisotopic (exact) mass is 450 g/mol. The summed E-state index contributed by atoms with van der Waals surface area (Å²) >= 11 is 1.41. The number of hydrogen-bond donors (Lipinski definition) is 0. The number of ether oxygens (including phenoxy) is 3. The topological polar surface area (TPSA) is 78.7 Å². The van der Waals surface area contributed by atoms with Gasteiger partial charge in [-0.15, -0.1) is 10.2 Å². The largest absolute Gasteiger partial charge is 0.493 e. The van der Waals surface area contributed by atoms with Crippen LogP contribution in [0.2, 0.25) is 0 Å². The Kier molecular flexibility index (Phi) is 9.64. The molecular formula is C22H34N4O4S. The highest BCUT2D eigenvalue weighted by Gasteiger charge is 2.22. The molecule has 1 aromatic carbocycles. The summed E-state index contributed by atoms with van der Waals surface area (Å²) in [5.41, 5.74) is 0.867. The lowest BCUT2D eigenvalue weighted by Crippen LogP contribution is -2.43. The second-order valence-electron chi connectivity index (χ2n) is 7.65. The van der Waals surface area contributed by atoms with Crippen LogP contribution >= 0.6 is 11.8 Å². The molecule has 31 heavy (non-hydrogen) atoms. The van der Waals surface area contributed by atoms with Crippen molar-refractivity contribution in [3.05, 3.63) is 18.2 Å². The average molecular weight is 451 g/mol. The molecule has 0 saturated heterocycles. The van der Waals surface area contributed by atoms with E-state index in [1.165, 1.54) is 11.8 Å². The summed E-state index contributed by atoms with van der Waals surface area (Å²) < 4.78 is 18.0. The molecule has 8 nitrogen and oxygen atoms in total. The van der Waals surface area contributed by atoms with Crippen LogP contribution in [0.25, 0.3) is 11.4 Å². The molecule has 9 heteroatoms. The fourth-order valence-corrected chi connectivity index (χ4v) is 4.36. The van der Waals surface area contributed by atoms with Gasteiger partial charge < -0.3 is 23.7 Å². The van der Waals surface area contributed by atoms with E-state index in [0.29, 0.717) is 35.6 Å². The molecule has 0 unspecified atom stereocenters. The van der Waals surface area contributed by atoms with Gasteiger partial charge in [0.2, 0.25) is 5.91 Å². The van der Waals surface area contributed by atoms with Crippen molar-refractivity contribution in [3.8, 4) is 22.9 Å². The van der Waals surface area contributed by atoms with Crippen LogP contribution in [-0.4, -0.2) is 71.3 Å². The lowest BCUT2D eigenvalue weighted by atomic mass is 10.2. The Morgan fingerprint density at radius 3 is 2.32 bits per heavy atom. The van der Waals surface area contributed by atoms with E-state index in [9.17, 15) is 4.79 Å². The van der Waals surface area contributed by atoms with E-state index in [2.05, 4.69) is 10.2 Å². The molecule has 0 N–H and O–H groups in total. The number of rotatable bonds is 12. The fraction of sp³-hybridized carbons (Fsp3) is 0.591. The Hall–Kier alpha value is -2.26. The van der Waals surface area contributed by atoms with Gasteiger partial charge in [-0.1, -0.05) is 11.8 Å². The van der Waals surface area contributed by atoms with E-state index < -0.39 is 0 Å². The molecule has 0 spiro atoms. The van der Waals surface area contributed by atoms with Crippen molar-refractivity contribution < 1.29 is 19.0 Å². The van der Waals surface area contributed by atoms with Gasteiger partial charge in [-0.25, -0.2) is 0 Å². The molecule has 0 saturated carbocycles. The zero-order chi connectivity index (χ0) is 23.0. The summed E-state index contributed by atoms with van der Waals surface area (Å²) in [5, 5.41) is 9.51. The predicted molar refractivity (Wildman–Crippen MR) is 123 cm³/mol. The summed E-state index contributed by atoms with van der Waals surface area (Å²) in [4.78, 5) is 14.7. The molecule has 172 valence electrons. The summed E-state index contributed by atoms with van der Waals surface area (Å²) in [6, 6.07) is 5.96. The van der Waals surface area contributed by atoms with Crippen LogP contribution in [0.5, 0.6) is 11.5 Å². The second kappa shape index (κ2) is 12.0. The Bertz CT molecular complexity index is 846. The Labute approximate surface area is 189 Å². The van der Waals surface area contributed by atoms with E-state index in [-0.39, 0.29) is 18.0 Å². The van der Waals surface area contributed by atoms with Crippen molar-refractivity contribution in [3.63, 3.8) is 0 Å². The van der Waals surface area contributed by atoms with E-state index in [1.54, 1.807) is 21.3 Å². The number of aromatic nitrogens is 3. The molecule has 0 aliphatic heterocycles. The van der Waals surface area contributed by atoms with Gasteiger partial charge in [-0.2, -0.15) is 0 Å². The van der Waals surface area contributed by atoms with Crippen LogP contribution in [0, 0.1) is 0 Å². The molecule has 0 atom stereocenters. The quantitative estimate of drug-likeness (QED) is 0.360. The molecule has 0 radical (unpaired) electrons. The highest BCUT2D eigenvalue weighted by atomic mass is 32.2. The maximum atomic E-state index is 12.8. The zero-order valence-electron chi connectivity index (χ0n) is 19.5. The van der Waals surface area contributed by atoms with Crippen LogP contribution in [0.1, 0.15) is 34.1 Å². The number of amides is 1. The first-order valence-electron chi connectivity index (χ1n) is 10.4. The van der Waals surface area contributed by atoms with Crippen molar-refractivity contribution in [2.75, 3.05) is 33.7 Å². The van der Waals surface area contributed by atoms with Crippen molar-refractivity contribution in [2.24, 2.45) is 0 Å². The molecule has 0 fully saturated rings. The maximum Gasteiger partial charge on any atom is 0.233 e. The third kappa shape index (κ3) is 6.36. The van der Waals surface area contributed by atoms with Crippen LogP contribution < -0.4 is 9.47 Å². The minimum Gasteiger partial charge on any atom is -0.493 e. The number of nitrogens with zero attached hydrogens (tertiary/aromatic N) is 4. The van der Waals surface area contributed by atoms with E-state index in [4.69, 9.17) is 14.2 Å². The molecular weight excluding hydrogens is 416 g/mol. The summed E-state index contributed by atoms with van der Waals surface area (Å²) in [6.45, 7) is 9.44. The number of thioether (sulfide) groups is 1. The standard InChI is InChI=1S/C22H34N4O4S/c1-15(2)26(16(3)4)20(27)14-31-22-24-23-21(25(22)11-8-12-28-5)17-9-10-18(29-6)19(13-17)30-7/h9-10,13,15-16H,8,11-12,14H2,1-7H3. The third-order valence-electron chi connectivity index (χ3n) is 4.81. The highest BCUT2D eigenvalue weighted by molar-refractivity contribution is 7.99. The van der Waals surface area contributed by atoms with Gasteiger partial charge in [0.05, 0.1) is 20.0 Å². The van der Waals surface area contributed by atoms with Crippen molar-refractivity contribution in [1.82, 2.24) is 19.7 Å². The first-order valence-corrected chi connectivity index (χ1v) is 11.4. The molecule has 1 heterocycles. The fourth-order valence-electron chi connectivity index (χ4n) is 3.53. The number of carbonyl (C=O) groups excluding carboxylic acids is 1. The van der Waals surface area contributed by atoms with Gasteiger partial charge in [-0.3, -0.25) is 4.79 Å². The lowest BCUT2D eigenvalue weighted by molar-refractivity contribution is -0.131. The molecule has 2 rings (SSSR count). The number of carbonyl (C=O) groups is 1. The smallest absolute Gasteiger partial charge is 0.233 e. The lowest BCUT2D eigenvalue weighted by Gasteiger charge is -2.30. The van der Waals surface area contributed by atoms with Crippen LogP contribution in [0.3, 0.4) is 0 Å². The summed E-state index contributed by atoms with van der Waals surface area (Å²) in [5.74, 6) is 2.40. The van der Waals surface area contributed by atoms with Crippen molar-refractivity contribution in [2.45, 2.75) is 57.9 Å². The average Bonchev–Trinajstić information content (AvgIpc) is 3.14.